The van der Waals surface area contributed by atoms with Gasteiger partial charge in [-0.3, -0.25) is 4.98 Å². The zero-order valence-corrected chi connectivity index (χ0v) is 11.5. The summed E-state index contributed by atoms with van der Waals surface area (Å²) < 4.78 is 4.62. The molecule has 0 fully saturated rings. The maximum absolute atomic E-state index is 11.4. The first-order chi connectivity index (χ1) is 9.70. The van der Waals surface area contributed by atoms with Crippen LogP contribution in [-0.4, -0.2) is 29.6 Å². The fraction of sp³-hybridized carbons (Fsp3) is 0.267. The van der Waals surface area contributed by atoms with Gasteiger partial charge in [0.05, 0.1) is 19.5 Å². The van der Waals surface area contributed by atoms with Gasteiger partial charge < -0.3 is 10.1 Å². The molecular formula is C15H17N3O2. The van der Waals surface area contributed by atoms with Gasteiger partial charge >= 0.3 is 5.97 Å². The zero-order chi connectivity index (χ0) is 14.4. The highest BCUT2D eigenvalue weighted by atomic mass is 16.5. The third kappa shape index (κ3) is 3.54. The predicted octanol–water partition coefficient (Wildman–Crippen LogP) is 2.48. The molecule has 5 nitrogen and oxygen atoms in total. The molecule has 0 aliphatic carbocycles. The molecule has 0 bridgehead atoms. The van der Waals surface area contributed by atoms with Crippen LogP contribution in [0.1, 0.15) is 28.9 Å². The lowest BCUT2D eigenvalue weighted by Crippen LogP contribution is -2.13. The number of esters is 1. The third-order valence-electron chi connectivity index (χ3n) is 2.99. The normalized spacial score (nSPS) is 11.7. The maximum Gasteiger partial charge on any atom is 0.358 e. The Morgan fingerprint density at radius 2 is 2.05 bits per heavy atom. The van der Waals surface area contributed by atoms with Crippen LogP contribution in [0, 0.1) is 0 Å². The molecule has 5 heteroatoms. The van der Waals surface area contributed by atoms with Crippen molar-refractivity contribution < 1.29 is 9.53 Å². The Morgan fingerprint density at radius 3 is 2.75 bits per heavy atom. The average molecular weight is 271 g/mol. The highest BCUT2D eigenvalue weighted by Gasteiger charge is 2.09. The van der Waals surface area contributed by atoms with E-state index in [9.17, 15) is 4.79 Å². The number of ether oxygens (including phenoxy) is 1. The molecule has 2 aromatic rings. The molecule has 1 aromatic carbocycles. The maximum atomic E-state index is 11.4. The molecule has 0 saturated carbocycles. The monoisotopic (exact) mass is 271 g/mol. The van der Waals surface area contributed by atoms with Crippen LogP contribution in [0.5, 0.6) is 0 Å². The zero-order valence-electron chi connectivity index (χ0n) is 11.5. The standard InChI is InChI=1S/C15H17N3O2/c1-11(12-6-4-3-5-7-12)8-17-14-10-16-9-13(18-14)15(19)20-2/h3-7,9-11H,8H2,1-2H3,(H,17,18). The molecule has 1 atom stereocenters. The Balaban J connectivity index is 1.99. The highest BCUT2D eigenvalue weighted by Crippen LogP contribution is 2.15. The second-order valence-corrected chi connectivity index (χ2v) is 4.47. The molecule has 0 aliphatic rings. The number of aromatic nitrogens is 2. The lowest BCUT2D eigenvalue weighted by atomic mass is 10.0. The van der Waals surface area contributed by atoms with E-state index in [2.05, 4.69) is 39.1 Å². The summed E-state index contributed by atoms with van der Waals surface area (Å²) in [6.45, 7) is 2.84. The second-order valence-electron chi connectivity index (χ2n) is 4.47. The number of carbonyl (C=O) groups excluding carboxylic acids is 1. The van der Waals surface area contributed by atoms with E-state index in [1.807, 2.05) is 18.2 Å². The van der Waals surface area contributed by atoms with Crippen molar-refractivity contribution in [1.82, 2.24) is 9.97 Å². The molecule has 1 aromatic heterocycles. The second kappa shape index (κ2) is 6.65. The summed E-state index contributed by atoms with van der Waals surface area (Å²) in [5.74, 6) is 0.410. The van der Waals surface area contributed by atoms with Gasteiger partial charge in [0, 0.05) is 6.54 Å². The van der Waals surface area contributed by atoms with Crippen molar-refractivity contribution in [2.45, 2.75) is 12.8 Å². The lowest BCUT2D eigenvalue weighted by molar-refractivity contribution is 0.0593. The molecule has 1 heterocycles. The van der Waals surface area contributed by atoms with Crippen LogP contribution in [-0.2, 0) is 4.74 Å². The first-order valence-corrected chi connectivity index (χ1v) is 6.40. The summed E-state index contributed by atoms with van der Waals surface area (Å²) in [5.41, 5.74) is 1.45. The van der Waals surface area contributed by atoms with Crippen molar-refractivity contribution >= 4 is 11.8 Å². The Bertz CT molecular complexity index is 572. The van der Waals surface area contributed by atoms with Crippen molar-refractivity contribution in [3.8, 4) is 0 Å². The fourth-order valence-corrected chi connectivity index (χ4v) is 1.81. The van der Waals surface area contributed by atoms with E-state index in [-0.39, 0.29) is 5.69 Å². The minimum Gasteiger partial charge on any atom is -0.464 e. The number of benzene rings is 1. The first-order valence-electron chi connectivity index (χ1n) is 6.40. The van der Waals surface area contributed by atoms with E-state index in [4.69, 9.17) is 0 Å². The van der Waals surface area contributed by atoms with E-state index in [0.717, 1.165) is 0 Å². The number of nitrogens with zero attached hydrogens (tertiary/aromatic N) is 2. The number of rotatable bonds is 5. The summed E-state index contributed by atoms with van der Waals surface area (Å²) in [6.07, 6.45) is 2.97. The van der Waals surface area contributed by atoms with Gasteiger partial charge in [0.2, 0.25) is 0 Å². The molecule has 1 unspecified atom stereocenters. The van der Waals surface area contributed by atoms with Crippen molar-refractivity contribution in [3.05, 3.63) is 54.0 Å². The van der Waals surface area contributed by atoms with Crippen molar-refractivity contribution in [2.75, 3.05) is 19.0 Å². The largest absolute Gasteiger partial charge is 0.464 e. The number of hydrogen-bond acceptors (Lipinski definition) is 5. The topological polar surface area (TPSA) is 64.1 Å². The predicted molar refractivity (Wildman–Crippen MR) is 76.7 cm³/mol. The molecule has 1 N–H and O–H groups in total. The molecule has 0 amide bonds. The van der Waals surface area contributed by atoms with E-state index in [1.54, 1.807) is 6.20 Å². The highest BCUT2D eigenvalue weighted by molar-refractivity contribution is 5.87. The van der Waals surface area contributed by atoms with Gasteiger partial charge in [-0.2, -0.15) is 0 Å². The van der Waals surface area contributed by atoms with Crippen LogP contribution in [0.15, 0.2) is 42.7 Å². The number of methoxy groups -OCH3 is 1. The summed E-state index contributed by atoms with van der Waals surface area (Å²) in [7, 11) is 1.32. The smallest absolute Gasteiger partial charge is 0.358 e. The van der Waals surface area contributed by atoms with Crippen LogP contribution in [0.4, 0.5) is 5.82 Å². The van der Waals surface area contributed by atoms with Crippen LogP contribution in [0.2, 0.25) is 0 Å². The Kier molecular flexibility index (Phi) is 4.65. The van der Waals surface area contributed by atoms with Gasteiger partial charge in [-0.25, -0.2) is 9.78 Å². The van der Waals surface area contributed by atoms with E-state index >= 15 is 0 Å². The first kappa shape index (κ1) is 14.0. The van der Waals surface area contributed by atoms with E-state index < -0.39 is 5.97 Å². The van der Waals surface area contributed by atoms with Gasteiger partial charge in [-0.05, 0) is 11.5 Å². The summed E-state index contributed by atoms with van der Waals surface area (Å²) in [5, 5.41) is 3.18. The molecule has 0 saturated heterocycles. The quantitative estimate of drug-likeness (QED) is 0.846. The van der Waals surface area contributed by atoms with Gasteiger partial charge in [0.25, 0.3) is 0 Å². The molecule has 104 valence electrons. The van der Waals surface area contributed by atoms with E-state index in [1.165, 1.54) is 18.9 Å². The van der Waals surface area contributed by atoms with Crippen LogP contribution >= 0.6 is 0 Å². The Morgan fingerprint density at radius 1 is 1.30 bits per heavy atom. The number of anilines is 1. The summed E-state index contributed by atoms with van der Waals surface area (Å²) in [6, 6.07) is 10.2. The molecule has 2 rings (SSSR count). The van der Waals surface area contributed by atoms with Gasteiger partial charge in [-0.15, -0.1) is 0 Å². The van der Waals surface area contributed by atoms with Gasteiger partial charge in [0.15, 0.2) is 5.69 Å². The number of carbonyl (C=O) groups is 1. The number of hydrogen-bond donors (Lipinski definition) is 1. The summed E-state index contributed by atoms with van der Waals surface area (Å²) >= 11 is 0. The van der Waals surface area contributed by atoms with Crippen LogP contribution in [0.25, 0.3) is 0 Å². The van der Waals surface area contributed by atoms with E-state index in [0.29, 0.717) is 18.3 Å². The van der Waals surface area contributed by atoms with Gasteiger partial charge in [-0.1, -0.05) is 37.3 Å². The number of nitrogens with one attached hydrogen (secondary N) is 1. The molecule has 0 aliphatic heterocycles. The average Bonchev–Trinajstić information content (AvgIpc) is 2.53. The molecular weight excluding hydrogens is 254 g/mol. The fourth-order valence-electron chi connectivity index (χ4n) is 1.81. The third-order valence-corrected chi connectivity index (χ3v) is 2.99. The lowest BCUT2D eigenvalue weighted by Gasteiger charge is -2.13. The molecule has 0 radical (unpaired) electrons. The Hall–Kier alpha value is -2.43. The van der Waals surface area contributed by atoms with Crippen molar-refractivity contribution in [2.24, 2.45) is 0 Å². The van der Waals surface area contributed by atoms with Gasteiger partial charge in [0.1, 0.15) is 5.82 Å². The minimum atomic E-state index is -0.489. The van der Waals surface area contributed by atoms with Crippen molar-refractivity contribution in [3.63, 3.8) is 0 Å². The summed E-state index contributed by atoms with van der Waals surface area (Å²) in [4.78, 5) is 19.5. The van der Waals surface area contributed by atoms with Crippen LogP contribution < -0.4 is 5.32 Å². The minimum absolute atomic E-state index is 0.199. The van der Waals surface area contributed by atoms with Crippen molar-refractivity contribution in [1.29, 1.82) is 0 Å². The van der Waals surface area contributed by atoms with Crippen LogP contribution in [0.3, 0.4) is 0 Å². The molecule has 20 heavy (non-hydrogen) atoms. The molecule has 0 spiro atoms. The SMILES string of the molecule is COC(=O)c1cncc(NCC(C)c2ccccc2)n1. The Labute approximate surface area is 118 Å².